The molecule has 0 aromatic heterocycles. The zero-order valence-corrected chi connectivity index (χ0v) is 13.0. The molecule has 2 atom stereocenters. The van der Waals surface area contributed by atoms with E-state index in [1.165, 1.54) is 13.8 Å². The van der Waals surface area contributed by atoms with E-state index in [4.69, 9.17) is 0 Å². The highest BCUT2D eigenvalue weighted by Gasteiger charge is 2.44. The van der Waals surface area contributed by atoms with Crippen molar-refractivity contribution in [3.05, 3.63) is 0 Å². The zero-order valence-electron chi connectivity index (χ0n) is 13.0. The third-order valence-electron chi connectivity index (χ3n) is 2.90. The highest BCUT2D eigenvalue weighted by molar-refractivity contribution is 5.73. The first-order valence-electron chi connectivity index (χ1n) is 6.54. The van der Waals surface area contributed by atoms with Crippen LogP contribution in [0.4, 0.5) is 26.3 Å². The van der Waals surface area contributed by atoms with Crippen LogP contribution >= 0.6 is 0 Å². The zero-order chi connectivity index (χ0) is 18.6. The van der Waals surface area contributed by atoms with Crippen molar-refractivity contribution in [3.63, 3.8) is 0 Å². The van der Waals surface area contributed by atoms with Crippen LogP contribution in [-0.4, -0.2) is 37.5 Å². The van der Waals surface area contributed by atoms with Crippen molar-refractivity contribution in [1.29, 1.82) is 0 Å². The predicted octanol–water partition coefficient (Wildman–Crippen LogP) is 3.50. The Morgan fingerprint density at radius 2 is 1.04 bits per heavy atom. The molecule has 0 aliphatic rings. The Kier molecular flexibility index (Phi) is 6.92. The number of halogens is 6. The topological polar surface area (TPSA) is 52.6 Å². The summed E-state index contributed by atoms with van der Waals surface area (Å²) in [4.78, 5) is 22.4. The molecule has 0 radical (unpaired) electrons. The van der Waals surface area contributed by atoms with Gasteiger partial charge in [0.25, 0.3) is 0 Å². The van der Waals surface area contributed by atoms with Gasteiger partial charge < -0.3 is 9.47 Å². The molecular weight excluding hydrogens is 334 g/mol. The lowest BCUT2D eigenvalue weighted by Gasteiger charge is -2.26. The summed E-state index contributed by atoms with van der Waals surface area (Å²) in [5, 5.41) is 0. The van der Waals surface area contributed by atoms with Gasteiger partial charge in [-0.3, -0.25) is 9.59 Å². The summed E-state index contributed by atoms with van der Waals surface area (Å²) in [6.07, 6.45) is -9.51. The molecule has 0 saturated carbocycles. The second kappa shape index (κ2) is 7.39. The van der Waals surface area contributed by atoms with E-state index in [1.807, 2.05) is 0 Å². The van der Waals surface area contributed by atoms with Gasteiger partial charge in [-0.1, -0.05) is 13.8 Å². The Morgan fingerprint density at radius 3 is 1.26 bits per heavy atom. The molecule has 0 aromatic carbocycles. The Labute approximate surface area is 129 Å². The fourth-order valence-electron chi connectivity index (χ4n) is 1.09. The van der Waals surface area contributed by atoms with Crippen LogP contribution in [0.25, 0.3) is 0 Å². The van der Waals surface area contributed by atoms with Gasteiger partial charge in [0.15, 0.2) is 0 Å². The van der Waals surface area contributed by atoms with E-state index in [2.05, 4.69) is 9.47 Å². The molecule has 0 fully saturated rings. The lowest BCUT2D eigenvalue weighted by atomic mass is 9.96. The number of esters is 2. The molecule has 0 N–H and O–H groups in total. The molecule has 0 heterocycles. The lowest BCUT2D eigenvalue weighted by Crippen LogP contribution is -2.36. The third-order valence-corrected chi connectivity index (χ3v) is 2.90. The van der Waals surface area contributed by atoms with Crippen LogP contribution < -0.4 is 0 Å². The van der Waals surface area contributed by atoms with Crippen LogP contribution in [0.15, 0.2) is 0 Å². The average Bonchev–Trinajstić information content (AvgIpc) is 2.38. The van der Waals surface area contributed by atoms with Gasteiger partial charge in [-0.05, 0) is 13.8 Å². The minimum absolute atomic E-state index is 0.542. The molecular formula is C13H18F6O4. The Bertz CT molecular complexity index is 389. The van der Waals surface area contributed by atoms with Gasteiger partial charge in [-0.2, -0.15) is 26.3 Å². The first-order valence-corrected chi connectivity index (χ1v) is 6.54. The molecule has 0 spiro atoms. The third kappa shape index (κ3) is 7.56. The van der Waals surface area contributed by atoms with Crippen molar-refractivity contribution in [2.45, 2.75) is 40.0 Å². The summed E-state index contributed by atoms with van der Waals surface area (Å²) in [5.41, 5.74) is -1.14. The summed E-state index contributed by atoms with van der Waals surface area (Å²) >= 11 is 0. The highest BCUT2D eigenvalue weighted by Crippen LogP contribution is 2.29. The molecule has 0 saturated heterocycles. The van der Waals surface area contributed by atoms with Gasteiger partial charge in [0.05, 0.1) is 13.2 Å². The molecule has 0 amide bonds. The van der Waals surface area contributed by atoms with Gasteiger partial charge in [0, 0.05) is 5.41 Å². The molecule has 2 unspecified atom stereocenters. The van der Waals surface area contributed by atoms with Crippen LogP contribution in [-0.2, 0) is 19.1 Å². The van der Waals surface area contributed by atoms with Crippen LogP contribution in [0.1, 0.15) is 27.7 Å². The van der Waals surface area contributed by atoms with Crippen molar-refractivity contribution in [2.24, 2.45) is 17.3 Å². The van der Waals surface area contributed by atoms with E-state index >= 15 is 0 Å². The number of hydrogen-bond donors (Lipinski definition) is 0. The van der Waals surface area contributed by atoms with Crippen LogP contribution in [0.2, 0.25) is 0 Å². The van der Waals surface area contributed by atoms with E-state index in [9.17, 15) is 35.9 Å². The monoisotopic (exact) mass is 352 g/mol. The molecule has 0 bridgehead atoms. The lowest BCUT2D eigenvalue weighted by molar-refractivity contribution is -0.198. The predicted molar refractivity (Wildman–Crippen MR) is 66.1 cm³/mol. The number of rotatable bonds is 6. The summed E-state index contributed by atoms with van der Waals surface area (Å²) in [5.74, 6) is -7.68. The van der Waals surface area contributed by atoms with Crippen molar-refractivity contribution in [1.82, 2.24) is 0 Å². The average molecular weight is 352 g/mol. The van der Waals surface area contributed by atoms with Gasteiger partial charge in [-0.15, -0.1) is 0 Å². The summed E-state index contributed by atoms with van der Waals surface area (Å²) in [7, 11) is 0. The number of carbonyl (C=O) groups is 2. The first kappa shape index (κ1) is 21.5. The SMILES string of the molecule is CC(C(=O)OCC(C)(C)COC(=O)C(C)C(F)(F)F)C(F)(F)F. The van der Waals surface area contributed by atoms with Gasteiger partial charge in [-0.25, -0.2) is 0 Å². The van der Waals surface area contributed by atoms with E-state index in [1.54, 1.807) is 0 Å². The first-order chi connectivity index (χ1) is 10.1. The molecule has 136 valence electrons. The van der Waals surface area contributed by atoms with E-state index in [-0.39, 0.29) is 0 Å². The minimum atomic E-state index is -4.75. The Hall–Kier alpha value is -1.48. The maximum absolute atomic E-state index is 12.3. The standard InChI is InChI=1S/C13H18F6O4/c1-7(12(14,15)16)9(20)22-5-11(3,4)6-23-10(21)8(2)13(17,18)19/h7-8H,5-6H2,1-4H3. The fourth-order valence-corrected chi connectivity index (χ4v) is 1.09. The maximum Gasteiger partial charge on any atom is 0.401 e. The van der Waals surface area contributed by atoms with E-state index in [0.29, 0.717) is 13.8 Å². The van der Waals surface area contributed by atoms with Gasteiger partial charge in [0.2, 0.25) is 0 Å². The van der Waals surface area contributed by atoms with Gasteiger partial charge in [0.1, 0.15) is 11.8 Å². The van der Waals surface area contributed by atoms with Crippen molar-refractivity contribution in [3.8, 4) is 0 Å². The number of ether oxygens (including phenoxy) is 2. The van der Waals surface area contributed by atoms with Crippen LogP contribution in [0, 0.1) is 17.3 Å². The van der Waals surface area contributed by atoms with Crippen LogP contribution in [0.5, 0.6) is 0 Å². The number of hydrogen-bond acceptors (Lipinski definition) is 4. The quantitative estimate of drug-likeness (QED) is 0.542. The largest absolute Gasteiger partial charge is 0.465 e. The Morgan fingerprint density at radius 1 is 0.783 bits per heavy atom. The minimum Gasteiger partial charge on any atom is -0.465 e. The Balaban J connectivity index is 4.46. The van der Waals surface area contributed by atoms with Gasteiger partial charge >= 0.3 is 24.3 Å². The molecule has 4 nitrogen and oxygen atoms in total. The summed E-state index contributed by atoms with van der Waals surface area (Å²) in [6, 6.07) is 0. The summed E-state index contributed by atoms with van der Waals surface area (Å²) < 4.78 is 82.7. The summed E-state index contributed by atoms with van der Waals surface area (Å²) in [6.45, 7) is 2.90. The van der Waals surface area contributed by atoms with Crippen LogP contribution in [0.3, 0.4) is 0 Å². The molecule has 0 aromatic rings. The fraction of sp³-hybridized carbons (Fsp3) is 0.846. The van der Waals surface area contributed by atoms with E-state index < -0.39 is 54.8 Å². The molecule has 0 aliphatic heterocycles. The maximum atomic E-state index is 12.3. The number of carbonyl (C=O) groups excluding carboxylic acids is 2. The van der Waals surface area contributed by atoms with Crippen molar-refractivity contribution in [2.75, 3.05) is 13.2 Å². The highest BCUT2D eigenvalue weighted by atomic mass is 19.4. The smallest absolute Gasteiger partial charge is 0.401 e. The van der Waals surface area contributed by atoms with Crippen molar-refractivity contribution < 1.29 is 45.4 Å². The second-order valence-corrected chi connectivity index (χ2v) is 5.91. The molecule has 0 rings (SSSR count). The van der Waals surface area contributed by atoms with E-state index in [0.717, 1.165) is 0 Å². The normalized spacial score (nSPS) is 15.7. The number of alkyl halides is 6. The molecule has 10 heteroatoms. The molecule has 0 aliphatic carbocycles. The molecule has 23 heavy (non-hydrogen) atoms. The van der Waals surface area contributed by atoms with Crippen molar-refractivity contribution >= 4 is 11.9 Å². The second-order valence-electron chi connectivity index (χ2n) is 5.91.